The SMILES string of the molecule is C[C@@H](CCCC(C)(C)O)C1CCC2/C(=C/C=C3C[C@@H](O)C(=CCF)[C@H](O)C3)CCCC21C. The van der Waals surface area contributed by atoms with Crippen molar-refractivity contribution in [1.82, 2.24) is 0 Å². The fourth-order valence-electron chi connectivity index (χ4n) is 7.03. The van der Waals surface area contributed by atoms with Crippen LogP contribution in [0.15, 0.2) is 34.9 Å². The predicted molar refractivity (Wildman–Crippen MR) is 129 cm³/mol. The largest absolute Gasteiger partial charge is 0.390 e. The van der Waals surface area contributed by atoms with Gasteiger partial charge in [0, 0.05) is 0 Å². The van der Waals surface area contributed by atoms with Crippen LogP contribution in [0.5, 0.6) is 0 Å². The summed E-state index contributed by atoms with van der Waals surface area (Å²) in [6.07, 6.45) is 14.5. The minimum absolute atomic E-state index is 0.347. The van der Waals surface area contributed by atoms with Crippen LogP contribution in [0.3, 0.4) is 0 Å². The van der Waals surface area contributed by atoms with E-state index in [1.165, 1.54) is 43.8 Å². The number of aliphatic hydroxyl groups is 3. The molecule has 0 aromatic rings. The molecule has 0 heterocycles. The van der Waals surface area contributed by atoms with Gasteiger partial charge in [0.15, 0.2) is 0 Å². The lowest BCUT2D eigenvalue weighted by Crippen LogP contribution is -2.36. The van der Waals surface area contributed by atoms with Crippen LogP contribution in [0.1, 0.15) is 91.9 Å². The van der Waals surface area contributed by atoms with E-state index in [9.17, 15) is 19.7 Å². The van der Waals surface area contributed by atoms with Crippen molar-refractivity contribution in [3.63, 3.8) is 0 Å². The van der Waals surface area contributed by atoms with Crippen LogP contribution in [-0.2, 0) is 0 Å². The van der Waals surface area contributed by atoms with E-state index in [2.05, 4.69) is 26.0 Å². The minimum atomic E-state index is -0.781. The van der Waals surface area contributed by atoms with E-state index in [0.717, 1.165) is 30.8 Å². The molecule has 0 radical (unpaired) electrons. The number of halogens is 1. The van der Waals surface area contributed by atoms with Crippen LogP contribution in [0, 0.1) is 23.2 Å². The standard InChI is InChI=1S/C28H45FO3/c1-19(7-5-14-27(2,3)32)23-11-12-24-21(8-6-15-28(23,24)4)10-9-20-17-25(30)22(13-16-29)26(31)18-20/h9-10,13,19,23-26,30-32H,5-8,11-12,14-18H2,1-4H3/b20-9?,21-10+,22-13?/t19-,23?,24?,25+,26+,28?/m0/s1. The van der Waals surface area contributed by atoms with Gasteiger partial charge in [-0.05, 0) is 100 Å². The fraction of sp³-hybridized carbons (Fsp3) is 0.786. The summed E-state index contributed by atoms with van der Waals surface area (Å²) in [7, 11) is 0. The van der Waals surface area contributed by atoms with Gasteiger partial charge in [0.2, 0.25) is 0 Å². The Morgan fingerprint density at radius 2 is 1.84 bits per heavy atom. The average Bonchev–Trinajstić information content (AvgIpc) is 3.05. The Morgan fingerprint density at radius 1 is 1.16 bits per heavy atom. The second kappa shape index (κ2) is 10.5. The summed E-state index contributed by atoms with van der Waals surface area (Å²) in [5.41, 5.74) is 2.79. The molecular weight excluding hydrogens is 403 g/mol. The maximum Gasteiger partial charge on any atom is 0.108 e. The minimum Gasteiger partial charge on any atom is -0.390 e. The Bertz CT molecular complexity index is 715. The first-order chi connectivity index (χ1) is 15.0. The van der Waals surface area contributed by atoms with Crippen molar-refractivity contribution in [3.8, 4) is 0 Å². The molecule has 3 nitrogen and oxygen atoms in total. The van der Waals surface area contributed by atoms with E-state index in [1.54, 1.807) is 0 Å². The van der Waals surface area contributed by atoms with Gasteiger partial charge in [-0.15, -0.1) is 0 Å². The topological polar surface area (TPSA) is 60.7 Å². The van der Waals surface area contributed by atoms with E-state index in [4.69, 9.17) is 0 Å². The number of rotatable bonds is 7. The highest BCUT2D eigenvalue weighted by Gasteiger charge is 2.50. The maximum atomic E-state index is 12.6. The van der Waals surface area contributed by atoms with E-state index in [-0.39, 0.29) is 0 Å². The van der Waals surface area contributed by atoms with Crippen molar-refractivity contribution >= 4 is 0 Å². The summed E-state index contributed by atoms with van der Waals surface area (Å²) < 4.78 is 12.6. The lowest BCUT2D eigenvalue weighted by atomic mass is 9.60. The third-order valence-electron chi connectivity index (χ3n) is 8.70. The number of alkyl halides is 1. The van der Waals surface area contributed by atoms with Crippen LogP contribution in [0.2, 0.25) is 0 Å². The highest BCUT2D eigenvalue weighted by Crippen LogP contribution is 2.60. The number of allylic oxidation sites excluding steroid dienone is 4. The number of fused-ring (bicyclic) bond motifs is 1. The molecular formula is C28H45FO3. The van der Waals surface area contributed by atoms with Crippen LogP contribution < -0.4 is 0 Å². The molecule has 0 spiro atoms. The van der Waals surface area contributed by atoms with Crippen molar-refractivity contribution in [2.75, 3.05) is 6.67 Å². The summed E-state index contributed by atoms with van der Waals surface area (Å²) in [5.74, 6) is 2.03. The van der Waals surface area contributed by atoms with Crippen LogP contribution >= 0.6 is 0 Å². The zero-order chi connectivity index (χ0) is 23.5. The molecule has 3 fully saturated rings. The van der Waals surface area contributed by atoms with E-state index >= 15 is 0 Å². The summed E-state index contributed by atoms with van der Waals surface area (Å²) in [6, 6.07) is 0. The van der Waals surface area contributed by atoms with Crippen LogP contribution in [0.4, 0.5) is 4.39 Å². The lowest BCUT2D eigenvalue weighted by molar-refractivity contribution is 0.0596. The molecule has 32 heavy (non-hydrogen) atoms. The van der Waals surface area contributed by atoms with Gasteiger partial charge in [0.05, 0.1) is 17.8 Å². The third kappa shape index (κ3) is 5.93. The first-order valence-corrected chi connectivity index (χ1v) is 12.8. The smallest absolute Gasteiger partial charge is 0.108 e. The molecule has 4 heteroatoms. The Morgan fingerprint density at radius 3 is 2.47 bits per heavy atom. The number of aliphatic hydroxyl groups excluding tert-OH is 2. The highest BCUT2D eigenvalue weighted by molar-refractivity contribution is 5.30. The summed E-state index contributed by atoms with van der Waals surface area (Å²) >= 11 is 0. The monoisotopic (exact) mass is 448 g/mol. The van der Waals surface area contributed by atoms with Crippen molar-refractivity contribution < 1.29 is 19.7 Å². The Kier molecular flexibility index (Phi) is 8.44. The molecule has 3 unspecified atom stereocenters. The Labute approximate surface area is 194 Å². The molecule has 0 amide bonds. The number of hydrogen-bond donors (Lipinski definition) is 3. The highest BCUT2D eigenvalue weighted by atomic mass is 19.1. The van der Waals surface area contributed by atoms with Gasteiger partial charge in [0.1, 0.15) is 6.67 Å². The second-order valence-corrected chi connectivity index (χ2v) is 11.6. The van der Waals surface area contributed by atoms with Crippen molar-refractivity contribution in [2.24, 2.45) is 23.2 Å². The zero-order valence-electron chi connectivity index (χ0n) is 20.6. The van der Waals surface area contributed by atoms with E-state index < -0.39 is 24.5 Å². The Balaban J connectivity index is 1.67. The van der Waals surface area contributed by atoms with Crippen molar-refractivity contribution in [1.29, 1.82) is 0 Å². The molecule has 3 aliphatic carbocycles. The summed E-state index contributed by atoms with van der Waals surface area (Å²) in [6.45, 7) is 8.07. The first-order valence-electron chi connectivity index (χ1n) is 12.8. The molecule has 3 saturated carbocycles. The molecule has 0 aromatic carbocycles. The molecule has 0 saturated heterocycles. The average molecular weight is 449 g/mol. The summed E-state index contributed by atoms with van der Waals surface area (Å²) in [5, 5.41) is 30.7. The lowest BCUT2D eigenvalue weighted by Gasteiger charge is -2.44. The van der Waals surface area contributed by atoms with Crippen LogP contribution in [-0.4, -0.2) is 39.8 Å². The number of hydrogen-bond acceptors (Lipinski definition) is 3. The van der Waals surface area contributed by atoms with Gasteiger partial charge < -0.3 is 15.3 Å². The maximum absolute atomic E-state index is 12.6. The van der Waals surface area contributed by atoms with Crippen molar-refractivity contribution in [3.05, 3.63) is 34.9 Å². The molecule has 0 aromatic heterocycles. The van der Waals surface area contributed by atoms with Gasteiger partial charge in [-0.2, -0.15) is 0 Å². The quantitative estimate of drug-likeness (QED) is 0.416. The van der Waals surface area contributed by atoms with E-state index in [1.807, 2.05) is 13.8 Å². The normalized spacial score (nSPS) is 35.7. The van der Waals surface area contributed by atoms with Gasteiger partial charge in [0.25, 0.3) is 0 Å². The van der Waals surface area contributed by atoms with Gasteiger partial charge in [-0.3, -0.25) is 0 Å². The third-order valence-corrected chi connectivity index (χ3v) is 8.70. The Hall–Kier alpha value is -0.970. The zero-order valence-corrected chi connectivity index (χ0v) is 20.6. The van der Waals surface area contributed by atoms with Gasteiger partial charge in [-0.1, -0.05) is 50.0 Å². The molecule has 0 aliphatic heterocycles. The van der Waals surface area contributed by atoms with E-state index in [0.29, 0.717) is 35.7 Å². The molecule has 3 N–H and O–H groups in total. The predicted octanol–water partition coefficient (Wildman–Crippen LogP) is 6.04. The molecule has 3 aliphatic rings. The molecule has 182 valence electrons. The van der Waals surface area contributed by atoms with Crippen molar-refractivity contribution in [2.45, 2.75) is 110 Å². The van der Waals surface area contributed by atoms with Gasteiger partial charge >= 0.3 is 0 Å². The van der Waals surface area contributed by atoms with Gasteiger partial charge in [-0.25, -0.2) is 4.39 Å². The molecule has 6 atom stereocenters. The fourth-order valence-corrected chi connectivity index (χ4v) is 7.03. The first kappa shape index (κ1) is 25.6. The van der Waals surface area contributed by atoms with Crippen LogP contribution in [0.25, 0.3) is 0 Å². The molecule has 3 rings (SSSR count). The molecule has 0 bridgehead atoms. The second-order valence-electron chi connectivity index (χ2n) is 11.6. The summed E-state index contributed by atoms with van der Waals surface area (Å²) in [4.78, 5) is 0.